The van der Waals surface area contributed by atoms with E-state index in [9.17, 15) is 9.50 Å². The van der Waals surface area contributed by atoms with Gasteiger partial charge in [-0.25, -0.2) is 4.39 Å². The Balaban J connectivity index is 2.08. The van der Waals surface area contributed by atoms with Crippen LogP contribution >= 0.6 is 0 Å². The first-order valence-corrected chi connectivity index (χ1v) is 7.59. The lowest BCUT2D eigenvalue weighted by molar-refractivity contribution is 0.0699. The van der Waals surface area contributed by atoms with Gasteiger partial charge in [-0.1, -0.05) is 37.6 Å². The van der Waals surface area contributed by atoms with Crippen molar-refractivity contribution in [2.75, 3.05) is 0 Å². The molecule has 0 radical (unpaired) electrons. The summed E-state index contributed by atoms with van der Waals surface area (Å²) < 4.78 is 13.1. The summed E-state index contributed by atoms with van der Waals surface area (Å²) in [5.74, 6) is 0.143. The van der Waals surface area contributed by atoms with E-state index in [1.165, 1.54) is 37.1 Å². The van der Waals surface area contributed by atoms with Gasteiger partial charge >= 0.3 is 0 Å². The number of hydrogen-bond acceptors (Lipinski definition) is 2. The Labute approximate surface area is 124 Å². The highest BCUT2D eigenvalue weighted by Gasteiger charge is 2.35. The molecule has 1 aromatic carbocycles. The fraction of sp³-hybridized carbons (Fsp3) is 0.389. The Morgan fingerprint density at radius 1 is 1.24 bits per heavy atom. The number of rotatable bonds is 4. The average Bonchev–Trinajstić information content (AvgIpc) is 2.46. The van der Waals surface area contributed by atoms with E-state index >= 15 is 0 Å². The smallest absolute Gasteiger partial charge is 0.141 e. The quantitative estimate of drug-likeness (QED) is 0.916. The molecule has 110 valence electrons. The van der Waals surface area contributed by atoms with Gasteiger partial charge in [0.2, 0.25) is 0 Å². The van der Waals surface area contributed by atoms with Crippen LogP contribution in [0, 0.1) is 5.82 Å². The minimum absolute atomic E-state index is 0.385. The average molecular weight is 285 g/mol. The number of benzene rings is 1. The second kappa shape index (κ2) is 5.57. The van der Waals surface area contributed by atoms with Crippen molar-refractivity contribution in [2.24, 2.45) is 0 Å². The molecule has 1 fully saturated rings. The molecule has 0 spiro atoms. The van der Waals surface area contributed by atoms with E-state index < -0.39 is 5.60 Å². The van der Waals surface area contributed by atoms with E-state index in [1.54, 1.807) is 6.07 Å². The van der Waals surface area contributed by atoms with Crippen molar-refractivity contribution < 1.29 is 9.50 Å². The van der Waals surface area contributed by atoms with Gasteiger partial charge in [-0.15, -0.1) is 0 Å². The summed E-state index contributed by atoms with van der Waals surface area (Å²) in [6.45, 7) is 1.93. The molecule has 1 saturated carbocycles. The summed E-state index contributed by atoms with van der Waals surface area (Å²) in [7, 11) is 0. The van der Waals surface area contributed by atoms with Gasteiger partial charge in [0.1, 0.15) is 11.4 Å². The van der Waals surface area contributed by atoms with Crippen molar-refractivity contribution >= 4 is 0 Å². The number of pyridine rings is 1. The summed E-state index contributed by atoms with van der Waals surface area (Å²) in [6.07, 6.45) is 5.27. The minimum Gasteiger partial charge on any atom is -0.379 e. The van der Waals surface area contributed by atoms with Crippen LogP contribution in [-0.4, -0.2) is 10.1 Å². The number of aliphatic hydroxyl groups is 1. The fourth-order valence-electron chi connectivity index (χ4n) is 3.08. The zero-order valence-corrected chi connectivity index (χ0v) is 12.2. The normalized spacial score (nSPS) is 18.0. The minimum atomic E-state index is -1.15. The molecule has 1 aliphatic rings. The maximum absolute atomic E-state index is 13.1. The Bertz CT molecular complexity index is 621. The molecule has 0 bridgehead atoms. The second-order valence-electron chi connectivity index (χ2n) is 5.79. The summed E-state index contributed by atoms with van der Waals surface area (Å²) in [6, 6.07) is 11.0. The molecule has 1 atom stereocenters. The predicted octanol–water partition coefficient (Wildman–Crippen LogP) is 4.13. The standard InChI is InChI=1S/C18H20FNO/c1-2-18(21,17-11-10-14(19)12-20-17)16-9-4-3-8-15(16)13-6-5-7-13/h3-4,8-13,21H,2,5-7H2,1H3. The van der Waals surface area contributed by atoms with Crippen LogP contribution < -0.4 is 0 Å². The van der Waals surface area contributed by atoms with Crippen molar-refractivity contribution in [3.63, 3.8) is 0 Å². The molecule has 3 rings (SSSR count). The summed E-state index contributed by atoms with van der Waals surface area (Å²) >= 11 is 0. The molecule has 0 amide bonds. The van der Waals surface area contributed by atoms with Crippen molar-refractivity contribution in [2.45, 2.75) is 44.1 Å². The molecular formula is C18H20FNO. The summed E-state index contributed by atoms with van der Waals surface area (Å²) in [5.41, 5.74) is 1.48. The van der Waals surface area contributed by atoms with Crippen LogP contribution in [0.5, 0.6) is 0 Å². The van der Waals surface area contributed by atoms with Crippen LogP contribution in [0.1, 0.15) is 55.3 Å². The maximum atomic E-state index is 13.1. The predicted molar refractivity (Wildman–Crippen MR) is 80.5 cm³/mol. The molecule has 21 heavy (non-hydrogen) atoms. The third-order valence-corrected chi connectivity index (χ3v) is 4.61. The molecule has 2 nitrogen and oxygen atoms in total. The molecule has 0 saturated heterocycles. The summed E-state index contributed by atoms with van der Waals surface area (Å²) in [5, 5.41) is 11.2. The first-order chi connectivity index (χ1) is 10.1. The molecule has 1 aromatic heterocycles. The van der Waals surface area contributed by atoms with Crippen molar-refractivity contribution in [1.82, 2.24) is 4.98 Å². The van der Waals surface area contributed by atoms with Gasteiger partial charge in [-0.05, 0) is 48.4 Å². The van der Waals surface area contributed by atoms with Crippen LogP contribution in [0.2, 0.25) is 0 Å². The van der Waals surface area contributed by atoms with E-state index in [4.69, 9.17) is 0 Å². The van der Waals surface area contributed by atoms with E-state index in [1.807, 2.05) is 25.1 Å². The third-order valence-electron chi connectivity index (χ3n) is 4.61. The molecule has 1 N–H and O–H groups in total. The highest BCUT2D eigenvalue weighted by molar-refractivity contribution is 5.41. The number of halogens is 1. The Morgan fingerprint density at radius 3 is 2.57 bits per heavy atom. The van der Waals surface area contributed by atoms with Gasteiger partial charge in [0.15, 0.2) is 0 Å². The first-order valence-electron chi connectivity index (χ1n) is 7.59. The lowest BCUT2D eigenvalue weighted by Crippen LogP contribution is -2.30. The topological polar surface area (TPSA) is 33.1 Å². The SMILES string of the molecule is CCC(O)(c1ccc(F)cn1)c1ccccc1C1CCC1. The van der Waals surface area contributed by atoms with Crippen LogP contribution in [0.25, 0.3) is 0 Å². The van der Waals surface area contributed by atoms with Gasteiger partial charge in [0.25, 0.3) is 0 Å². The Hall–Kier alpha value is -1.74. The fourth-order valence-corrected chi connectivity index (χ4v) is 3.08. The van der Waals surface area contributed by atoms with Crippen molar-refractivity contribution in [1.29, 1.82) is 0 Å². The summed E-state index contributed by atoms with van der Waals surface area (Å²) in [4.78, 5) is 4.12. The molecule has 1 aliphatic carbocycles. The number of hydrogen-bond donors (Lipinski definition) is 1. The van der Waals surface area contributed by atoms with E-state index in [0.717, 1.165) is 5.56 Å². The van der Waals surface area contributed by atoms with Gasteiger partial charge in [0, 0.05) is 0 Å². The lowest BCUT2D eigenvalue weighted by Gasteiger charge is -2.34. The third kappa shape index (κ3) is 2.46. The molecule has 1 heterocycles. The Kier molecular flexibility index (Phi) is 3.77. The van der Waals surface area contributed by atoms with Crippen molar-refractivity contribution in [3.05, 3.63) is 65.2 Å². The molecule has 2 aromatic rings. The largest absolute Gasteiger partial charge is 0.379 e. The van der Waals surface area contributed by atoms with Crippen LogP contribution in [-0.2, 0) is 5.60 Å². The van der Waals surface area contributed by atoms with Gasteiger partial charge in [0.05, 0.1) is 11.9 Å². The zero-order chi connectivity index (χ0) is 14.9. The van der Waals surface area contributed by atoms with Crippen LogP contribution in [0.4, 0.5) is 4.39 Å². The highest BCUT2D eigenvalue weighted by atomic mass is 19.1. The number of aromatic nitrogens is 1. The zero-order valence-electron chi connectivity index (χ0n) is 12.2. The van der Waals surface area contributed by atoms with E-state index in [0.29, 0.717) is 18.0 Å². The van der Waals surface area contributed by atoms with Crippen LogP contribution in [0.3, 0.4) is 0 Å². The van der Waals surface area contributed by atoms with Crippen molar-refractivity contribution in [3.8, 4) is 0 Å². The van der Waals surface area contributed by atoms with E-state index in [2.05, 4.69) is 11.1 Å². The lowest BCUT2D eigenvalue weighted by atomic mass is 9.74. The Morgan fingerprint density at radius 2 is 2.00 bits per heavy atom. The molecule has 3 heteroatoms. The molecule has 0 aliphatic heterocycles. The maximum Gasteiger partial charge on any atom is 0.141 e. The van der Waals surface area contributed by atoms with Crippen LogP contribution in [0.15, 0.2) is 42.6 Å². The number of nitrogens with zero attached hydrogens (tertiary/aromatic N) is 1. The first kappa shape index (κ1) is 14.2. The molecular weight excluding hydrogens is 265 g/mol. The van der Waals surface area contributed by atoms with Gasteiger partial charge in [-0.2, -0.15) is 0 Å². The second-order valence-corrected chi connectivity index (χ2v) is 5.79. The highest BCUT2D eigenvalue weighted by Crippen LogP contribution is 2.43. The van der Waals surface area contributed by atoms with E-state index in [-0.39, 0.29) is 5.82 Å². The monoisotopic (exact) mass is 285 g/mol. The van der Waals surface area contributed by atoms with Gasteiger partial charge < -0.3 is 5.11 Å². The molecule has 1 unspecified atom stereocenters. The van der Waals surface area contributed by atoms with Gasteiger partial charge in [-0.3, -0.25) is 4.98 Å².